The fraction of sp³-hybridized carbons (Fsp3) is 0.333. The Bertz CT molecular complexity index is 580. The third-order valence-electron chi connectivity index (χ3n) is 3.88. The van der Waals surface area contributed by atoms with Crippen LogP contribution < -0.4 is 0 Å². The van der Waals surface area contributed by atoms with Crippen molar-refractivity contribution in [2.45, 2.75) is 33.2 Å². The maximum absolute atomic E-state index is 4.27. The molecule has 0 aliphatic heterocycles. The van der Waals surface area contributed by atoms with Gasteiger partial charge in [0.1, 0.15) is 0 Å². The molecule has 0 aliphatic carbocycles. The van der Waals surface area contributed by atoms with Gasteiger partial charge in [-0.15, -0.1) is 0 Å². The molecule has 0 saturated carbocycles. The predicted octanol–water partition coefficient (Wildman–Crippen LogP) is 5.37. The van der Waals surface area contributed by atoms with E-state index in [2.05, 4.69) is 73.9 Å². The van der Waals surface area contributed by atoms with E-state index in [1.54, 1.807) is 0 Å². The second kappa shape index (κ2) is 8.55. The third-order valence-corrected chi connectivity index (χ3v) is 3.88. The molecule has 0 aliphatic rings. The zero-order valence-electron chi connectivity index (χ0n) is 13.9. The van der Waals surface area contributed by atoms with Crippen molar-refractivity contribution in [3.8, 4) is 0 Å². The molecule has 0 fully saturated rings. The number of hydrogen-bond acceptors (Lipinski definition) is 1. The molecule has 0 atom stereocenters. The second-order valence-corrected chi connectivity index (χ2v) is 5.82. The first-order valence-corrected chi connectivity index (χ1v) is 8.30. The summed E-state index contributed by atoms with van der Waals surface area (Å²) in [5.74, 6) is 0. The van der Waals surface area contributed by atoms with Crippen molar-refractivity contribution in [3.05, 3.63) is 77.9 Å². The van der Waals surface area contributed by atoms with Crippen LogP contribution in [0.2, 0.25) is 0 Å². The lowest BCUT2D eigenvalue weighted by Crippen LogP contribution is -2.24. The minimum absolute atomic E-state index is 1.03. The predicted molar refractivity (Wildman–Crippen MR) is 96.9 cm³/mol. The van der Waals surface area contributed by atoms with Crippen molar-refractivity contribution in [2.75, 3.05) is 13.1 Å². The number of benzene rings is 2. The Kier molecular flexibility index (Phi) is 6.42. The van der Waals surface area contributed by atoms with E-state index in [-0.39, 0.29) is 0 Å². The van der Waals surface area contributed by atoms with Crippen LogP contribution in [0.1, 0.15) is 43.4 Å². The van der Waals surface area contributed by atoms with Gasteiger partial charge >= 0.3 is 0 Å². The van der Waals surface area contributed by atoms with Crippen molar-refractivity contribution in [2.24, 2.45) is 0 Å². The molecule has 0 bridgehead atoms. The van der Waals surface area contributed by atoms with Crippen LogP contribution in [0.15, 0.2) is 61.2 Å². The van der Waals surface area contributed by atoms with Gasteiger partial charge in [0.15, 0.2) is 0 Å². The lowest BCUT2D eigenvalue weighted by atomic mass is 9.98. The monoisotopic (exact) mass is 293 g/mol. The van der Waals surface area contributed by atoms with Crippen LogP contribution in [-0.4, -0.2) is 18.0 Å². The zero-order valence-corrected chi connectivity index (χ0v) is 13.9. The molecule has 116 valence electrons. The second-order valence-electron chi connectivity index (χ2n) is 5.82. The van der Waals surface area contributed by atoms with Crippen molar-refractivity contribution >= 4 is 5.57 Å². The minimum atomic E-state index is 1.03. The fourth-order valence-electron chi connectivity index (χ4n) is 2.82. The first kappa shape index (κ1) is 16.5. The Morgan fingerprint density at radius 2 is 1.50 bits per heavy atom. The van der Waals surface area contributed by atoms with E-state index >= 15 is 0 Å². The van der Waals surface area contributed by atoms with Crippen LogP contribution in [0, 0.1) is 0 Å². The molecule has 0 radical (unpaired) electrons. The molecular formula is C21H27N. The number of nitrogens with zero attached hydrogens (tertiary/aromatic N) is 1. The van der Waals surface area contributed by atoms with E-state index in [1.807, 2.05) is 6.07 Å². The average molecular weight is 293 g/mol. The summed E-state index contributed by atoms with van der Waals surface area (Å²) < 4.78 is 0. The topological polar surface area (TPSA) is 3.24 Å². The molecule has 22 heavy (non-hydrogen) atoms. The van der Waals surface area contributed by atoms with E-state index in [1.165, 1.54) is 29.5 Å². The molecule has 0 spiro atoms. The summed E-state index contributed by atoms with van der Waals surface area (Å²) >= 11 is 0. The summed E-state index contributed by atoms with van der Waals surface area (Å²) in [6.45, 7) is 12.1. The zero-order chi connectivity index (χ0) is 15.8. The van der Waals surface area contributed by atoms with E-state index < -0.39 is 0 Å². The highest BCUT2D eigenvalue weighted by molar-refractivity contribution is 5.78. The summed E-state index contributed by atoms with van der Waals surface area (Å²) in [6, 6.07) is 19.2. The normalized spacial score (nSPS) is 10.9. The van der Waals surface area contributed by atoms with Crippen LogP contribution in [-0.2, 0) is 6.54 Å². The van der Waals surface area contributed by atoms with E-state index in [0.717, 1.165) is 25.2 Å². The van der Waals surface area contributed by atoms with Crippen LogP contribution >= 0.6 is 0 Å². The molecule has 2 aromatic carbocycles. The van der Waals surface area contributed by atoms with Gasteiger partial charge in [-0.2, -0.15) is 0 Å². The van der Waals surface area contributed by atoms with Crippen LogP contribution in [0.3, 0.4) is 0 Å². The van der Waals surface area contributed by atoms with Crippen LogP contribution in [0.25, 0.3) is 5.57 Å². The summed E-state index contributed by atoms with van der Waals surface area (Å²) in [6.07, 6.45) is 2.41. The summed E-state index contributed by atoms with van der Waals surface area (Å²) in [4.78, 5) is 2.53. The molecule has 0 unspecified atom stereocenters. The average Bonchev–Trinajstić information content (AvgIpc) is 2.56. The Labute approximate surface area is 135 Å². The molecule has 1 heteroatoms. The highest BCUT2D eigenvalue weighted by Gasteiger charge is 2.06. The van der Waals surface area contributed by atoms with E-state index in [4.69, 9.17) is 0 Å². The number of rotatable bonds is 8. The third kappa shape index (κ3) is 4.57. The van der Waals surface area contributed by atoms with E-state index in [0.29, 0.717) is 0 Å². The Morgan fingerprint density at radius 1 is 0.864 bits per heavy atom. The SMILES string of the molecule is C=C(c1ccccc1)c1cccc(CN(CCC)CCC)c1. The van der Waals surface area contributed by atoms with Gasteiger partial charge in [-0.05, 0) is 54.3 Å². The molecular weight excluding hydrogens is 266 g/mol. The van der Waals surface area contributed by atoms with Gasteiger partial charge in [-0.3, -0.25) is 4.90 Å². The van der Waals surface area contributed by atoms with Gasteiger partial charge < -0.3 is 0 Å². The Morgan fingerprint density at radius 3 is 2.14 bits per heavy atom. The van der Waals surface area contributed by atoms with Crippen LogP contribution in [0.4, 0.5) is 0 Å². The smallest absolute Gasteiger partial charge is 0.0233 e. The Hall–Kier alpha value is -1.86. The molecule has 0 saturated heterocycles. The van der Waals surface area contributed by atoms with Crippen molar-refractivity contribution < 1.29 is 0 Å². The van der Waals surface area contributed by atoms with Crippen molar-refractivity contribution in [1.82, 2.24) is 4.90 Å². The maximum atomic E-state index is 4.27. The summed E-state index contributed by atoms with van der Waals surface area (Å²) in [5.41, 5.74) is 4.88. The quantitative estimate of drug-likeness (QED) is 0.632. The molecule has 1 nitrogen and oxygen atoms in total. The van der Waals surface area contributed by atoms with Crippen molar-refractivity contribution in [1.29, 1.82) is 0 Å². The first-order chi connectivity index (χ1) is 10.7. The molecule has 2 rings (SSSR count). The van der Waals surface area contributed by atoms with Crippen LogP contribution in [0.5, 0.6) is 0 Å². The van der Waals surface area contributed by atoms with Gasteiger partial charge in [-0.25, -0.2) is 0 Å². The van der Waals surface area contributed by atoms with Gasteiger partial charge in [0.25, 0.3) is 0 Å². The molecule has 2 aromatic rings. The lowest BCUT2D eigenvalue weighted by molar-refractivity contribution is 0.266. The summed E-state index contributed by atoms with van der Waals surface area (Å²) in [7, 11) is 0. The van der Waals surface area contributed by atoms with Gasteiger partial charge in [0.05, 0.1) is 0 Å². The van der Waals surface area contributed by atoms with Gasteiger partial charge in [0.2, 0.25) is 0 Å². The summed E-state index contributed by atoms with van der Waals surface area (Å²) in [5, 5.41) is 0. The lowest BCUT2D eigenvalue weighted by Gasteiger charge is -2.21. The molecule has 0 N–H and O–H groups in total. The fourth-order valence-corrected chi connectivity index (χ4v) is 2.82. The van der Waals surface area contributed by atoms with Gasteiger partial charge in [-0.1, -0.05) is 69.0 Å². The highest BCUT2D eigenvalue weighted by Crippen LogP contribution is 2.22. The largest absolute Gasteiger partial charge is 0.299 e. The first-order valence-electron chi connectivity index (χ1n) is 8.30. The standard InChI is InChI=1S/C21H27N/c1-4-14-22(15-5-2)17-19-10-9-13-21(16-19)18(3)20-11-7-6-8-12-20/h6-13,16H,3-5,14-15,17H2,1-2H3. The van der Waals surface area contributed by atoms with E-state index in [9.17, 15) is 0 Å². The molecule has 0 amide bonds. The van der Waals surface area contributed by atoms with Crippen molar-refractivity contribution in [3.63, 3.8) is 0 Å². The molecule has 0 heterocycles. The highest BCUT2D eigenvalue weighted by atomic mass is 15.1. The van der Waals surface area contributed by atoms with Gasteiger partial charge in [0, 0.05) is 6.54 Å². The minimum Gasteiger partial charge on any atom is -0.299 e. The maximum Gasteiger partial charge on any atom is 0.0233 e. The Balaban J connectivity index is 2.14. The molecule has 0 aromatic heterocycles. The number of hydrogen-bond donors (Lipinski definition) is 0.